The molecular weight excluding hydrogens is 232 g/mol. The summed E-state index contributed by atoms with van der Waals surface area (Å²) < 4.78 is 5.45. The summed E-state index contributed by atoms with van der Waals surface area (Å²) in [7, 11) is 0. The van der Waals surface area contributed by atoms with E-state index in [0.29, 0.717) is 0 Å². The van der Waals surface area contributed by atoms with Crippen molar-refractivity contribution in [3.63, 3.8) is 0 Å². The van der Waals surface area contributed by atoms with Crippen molar-refractivity contribution in [1.82, 2.24) is 4.98 Å². The van der Waals surface area contributed by atoms with Crippen LogP contribution in [0.5, 0.6) is 0 Å². The molecule has 1 aromatic heterocycles. The van der Waals surface area contributed by atoms with E-state index in [0.717, 1.165) is 29.2 Å². The monoisotopic (exact) mass is 248 g/mol. The van der Waals surface area contributed by atoms with Gasteiger partial charge in [0.15, 0.2) is 5.76 Å². The Morgan fingerprint density at radius 3 is 2.53 bits per heavy atom. The molecule has 0 saturated carbocycles. The fourth-order valence-corrected chi connectivity index (χ4v) is 2.37. The van der Waals surface area contributed by atoms with Gasteiger partial charge in [-0.3, -0.25) is 0 Å². The quantitative estimate of drug-likeness (QED) is 0.840. The van der Waals surface area contributed by atoms with Gasteiger partial charge in [-0.15, -0.1) is 11.8 Å². The second-order valence-corrected chi connectivity index (χ2v) is 4.98. The summed E-state index contributed by atoms with van der Waals surface area (Å²) in [6.07, 6.45) is 0.821. The van der Waals surface area contributed by atoms with Crippen molar-refractivity contribution in [2.75, 3.05) is 11.5 Å². The molecule has 2 N–H and O–H groups in total. The standard InChI is InChI=1S/C13H16N2OS/c1-3-11-12(16-13(14)15-11)9-5-7-10(8-6-9)17-4-2/h5-8H,3-4H2,1-2H3,(H2,14,15). The Morgan fingerprint density at radius 2 is 1.94 bits per heavy atom. The van der Waals surface area contributed by atoms with Gasteiger partial charge >= 0.3 is 0 Å². The molecule has 17 heavy (non-hydrogen) atoms. The van der Waals surface area contributed by atoms with Crippen LogP contribution in [0.1, 0.15) is 19.5 Å². The highest BCUT2D eigenvalue weighted by atomic mass is 32.2. The smallest absolute Gasteiger partial charge is 0.292 e. The van der Waals surface area contributed by atoms with Crippen LogP contribution in [0.15, 0.2) is 33.6 Å². The number of aryl methyl sites for hydroxylation is 1. The molecule has 90 valence electrons. The maximum absolute atomic E-state index is 5.59. The van der Waals surface area contributed by atoms with Crippen molar-refractivity contribution in [3.8, 4) is 11.3 Å². The summed E-state index contributed by atoms with van der Waals surface area (Å²) in [5.41, 5.74) is 7.54. The molecule has 0 aliphatic rings. The molecule has 0 aliphatic carbocycles. The van der Waals surface area contributed by atoms with E-state index in [4.69, 9.17) is 10.2 Å². The lowest BCUT2D eigenvalue weighted by Gasteiger charge is -2.01. The maximum Gasteiger partial charge on any atom is 0.292 e. The summed E-state index contributed by atoms with van der Waals surface area (Å²) in [4.78, 5) is 5.44. The Kier molecular flexibility index (Phi) is 3.74. The SMILES string of the molecule is CCSc1ccc(-c2oc(N)nc2CC)cc1. The number of anilines is 1. The molecule has 0 spiro atoms. The predicted molar refractivity (Wildman–Crippen MR) is 72.1 cm³/mol. The summed E-state index contributed by atoms with van der Waals surface area (Å²) >= 11 is 1.82. The van der Waals surface area contributed by atoms with Gasteiger partial charge in [0, 0.05) is 10.5 Å². The van der Waals surface area contributed by atoms with Crippen LogP contribution >= 0.6 is 11.8 Å². The molecule has 4 heteroatoms. The highest BCUT2D eigenvalue weighted by molar-refractivity contribution is 7.99. The van der Waals surface area contributed by atoms with E-state index in [1.54, 1.807) is 0 Å². The number of oxazole rings is 1. The Balaban J connectivity index is 2.32. The average molecular weight is 248 g/mol. The lowest BCUT2D eigenvalue weighted by atomic mass is 10.1. The molecule has 0 aliphatic heterocycles. The zero-order chi connectivity index (χ0) is 12.3. The minimum atomic E-state index is 0.240. The van der Waals surface area contributed by atoms with Gasteiger partial charge in [0.05, 0.1) is 5.69 Å². The van der Waals surface area contributed by atoms with Crippen molar-refractivity contribution in [3.05, 3.63) is 30.0 Å². The van der Waals surface area contributed by atoms with E-state index in [2.05, 4.69) is 36.2 Å². The summed E-state index contributed by atoms with van der Waals surface area (Å²) in [6.45, 7) is 4.19. The molecule has 0 amide bonds. The van der Waals surface area contributed by atoms with E-state index in [9.17, 15) is 0 Å². The van der Waals surface area contributed by atoms with E-state index in [1.807, 2.05) is 18.7 Å². The number of aromatic nitrogens is 1. The Morgan fingerprint density at radius 1 is 1.24 bits per heavy atom. The van der Waals surface area contributed by atoms with Crippen LogP contribution in [0.4, 0.5) is 6.01 Å². The molecule has 0 fully saturated rings. The van der Waals surface area contributed by atoms with Gasteiger partial charge in [-0.2, -0.15) is 4.98 Å². The largest absolute Gasteiger partial charge is 0.423 e. The zero-order valence-corrected chi connectivity index (χ0v) is 10.9. The molecule has 0 radical (unpaired) electrons. The fraction of sp³-hybridized carbons (Fsp3) is 0.308. The highest BCUT2D eigenvalue weighted by Gasteiger charge is 2.11. The topological polar surface area (TPSA) is 52.0 Å². The number of thioether (sulfide) groups is 1. The lowest BCUT2D eigenvalue weighted by molar-refractivity contribution is 0.593. The fourth-order valence-electron chi connectivity index (χ4n) is 1.70. The van der Waals surface area contributed by atoms with E-state index >= 15 is 0 Å². The highest BCUT2D eigenvalue weighted by Crippen LogP contribution is 2.28. The predicted octanol–water partition coefficient (Wildman–Crippen LogP) is 3.60. The molecular formula is C13H16N2OS. The summed E-state index contributed by atoms with van der Waals surface area (Å²) in [6, 6.07) is 8.54. The number of nitrogens with two attached hydrogens (primary N) is 1. The third kappa shape index (κ3) is 2.64. The van der Waals surface area contributed by atoms with Crippen molar-refractivity contribution >= 4 is 17.8 Å². The first-order chi connectivity index (χ1) is 8.24. The number of hydrogen-bond donors (Lipinski definition) is 1. The third-order valence-corrected chi connectivity index (χ3v) is 3.37. The number of nitrogen functional groups attached to an aromatic ring is 1. The van der Waals surface area contributed by atoms with Crippen LogP contribution in [0, 0.1) is 0 Å². The molecule has 2 rings (SSSR count). The molecule has 2 aromatic rings. The first-order valence-electron chi connectivity index (χ1n) is 5.73. The Hall–Kier alpha value is -1.42. The molecule has 1 aromatic carbocycles. The van der Waals surface area contributed by atoms with Crippen molar-refractivity contribution in [2.24, 2.45) is 0 Å². The van der Waals surface area contributed by atoms with Gasteiger partial charge < -0.3 is 10.2 Å². The van der Waals surface area contributed by atoms with Crippen molar-refractivity contribution in [1.29, 1.82) is 0 Å². The van der Waals surface area contributed by atoms with E-state index < -0.39 is 0 Å². The van der Waals surface area contributed by atoms with Crippen LogP contribution in [-0.2, 0) is 6.42 Å². The van der Waals surface area contributed by atoms with Gasteiger partial charge in [0.25, 0.3) is 6.01 Å². The van der Waals surface area contributed by atoms with Crippen LogP contribution in [0.2, 0.25) is 0 Å². The first-order valence-corrected chi connectivity index (χ1v) is 6.71. The van der Waals surface area contributed by atoms with Crippen LogP contribution in [-0.4, -0.2) is 10.7 Å². The molecule has 1 heterocycles. The van der Waals surface area contributed by atoms with Gasteiger partial charge in [0.2, 0.25) is 0 Å². The van der Waals surface area contributed by atoms with Gasteiger partial charge in [0.1, 0.15) is 0 Å². The summed E-state index contributed by atoms with van der Waals surface area (Å²) in [5.74, 6) is 1.87. The van der Waals surface area contributed by atoms with Gasteiger partial charge in [-0.25, -0.2) is 0 Å². The van der Waals surface area contributed by atoms with E-state index in [1.165, 1.54) is 4.90 Å². The first kappa shape index (κ1) is 12.0. The molecule has 0 atom stereocenters. The zero-order valence-electron chi connectivity index (χ0n) is 10.1. The normalized spacial score (nSPS) is 10.7. The van der Waals surface area contributed by atoms with Crippen molar-refractivity contribution < 1.29 is 4.42 Å². The van der Waals surface area contributed by atoms with E-state index in [-0.39, 0.29) is 6.01 Å². The second kappa shape index (κ2) is 5.27. The van der Waals surface area contributed by atoms with Crippen molar-refractivity contribution in [2.45, 2.75) is 25.2 Å². The number of benzene rings is 1. The lowest BCUT2D eigenvalue weighted by Crippen LogP contribution is -1.86. The molecule has 3 nitrogen and oxygen atoms in total. The van der Waals surface area contributed by atoms with Crippen LogP contribution < -0.4 is 5.73 Å². The Bertz CT molecular complexity index is 491. The van der Waals surface area contributed by atoms with Gasteiger partial charge in [-0.1, -0.05) is 26.0 Å². The third-order valence-electron chi connectivity index (χ3n) is 2.48. The minimum absolute atomic E-state index is 0.240. The molecule has 0 unspecified atom stereocenters. The minimum Gasteiger partial charge on any atom is -0.423 e. The Labute approximate surface area is 105 Å². The van der Waals surface area contributed by atoms with Crippen LogP contribution in [0.25, 0.3) is 11.3 Å². The maximum atomic E-state index is 5.59. The summed E-state index contributed by atoms with van der Waals surface area (Å²) in [5, 5.41) is 0. The number of hydrogen-bond acceptors (Lipinski definition) is 4. The van der Waals surface area contributed by atoms with Gasteiger partial charge in [-0.05, 0) is 24.3 Å². The molecule has 0 bridgehead atoms. The number of rotatable bonds is 4. The second-order valence-electron chi connectivity index (χ2n) is 3.64. The molecule has 0 saturated heterocycles. The number of nitrogens with zero attached hydrogens (tertiary/aromatic N) is 1. The van der Waals surface area contributed by atoms with Crippen LogP contribution in [0.3, 0.4) is 0 Å². The average Bonchev–Trinajstić information content (AvgIpc) is 2.72.